The zero-order valence-electron chi connectivity index (χ0n) is 16.5. The van der Waals surface area contributed by atoms with E-state index in [1.54, 1.807) is 31.2 Å². The predicted molar refractivity (Wildman–Crippen MR) is 110 cm³/mol. The number of esters is 2. The summed E-state index contributed by atoms with van der Waals surface area (Å²) in [5.74, 6) is -0.276. The number of nitrogens with zero attached hydrogens (tertiary/aromatic N) is 1. The Bertz CT molecular complexity index is 1050. The molecule has 7 nitrogen and oxygen atoms in total. The maximum Gasteiger partial charge on any atom is 0.341 e. The molecule has 0 aliphatic carbocycles. The summed E-state index contributed by atoms with van der Waals surface area (Å²) in [4.78, 5) is 28.8. The molecule has 7 heteroatoms. The molecule has 0 fully saturated rings. The molecule has 3 aromatic rings. The van der Waals surface area contributed by atoms with Crippen molar-refractivity contribution in [1.82, 2.24) is 4.98 Å². The minimum atomic E-state index is -0.490. The van der Waals surface area contributed by atoms with E-state index in [1.807, 2.05) is 25.1 Å². The highest BCUT2D eigenvalue weighted by molar-refractivity contribution is 6.06. The van der Waals surface area contributed by atoms with Crippen molar-refractivity contribution in [3.8, 4) is 5.75 Å². The number of carbonyl (C=O) groups excluding carboxylic acids is 2. The van der Waals surface area contributed by atoms with E-state index >= 15 is 0 Å². The molecule has 0 saturated carbocycles. The van der Waals surface area contributed by atoms with E-state index < -0.39 is 11.9 Å². The Morgan fingerprint density at radius 2 is 1.86 bits per heavy atom. The number of methoxy groups -OCH3 is 1. The fraction of sp³-hybridized carbons (Fsp3) is 0.227. The van der Waals surface area contributed by atoms with Crippen LogP contribution < -0.4 is 10.1 Å². The highest BCUT2D eigenvalue weighted by Gasteiger charge is 2.18. The van der Waals surface area contributed by atoms with E-state index in [1.165, 1.54) is 13.3 Å². The van der Waals surface area contributed by atoms with Crippen LogP contribution in [0.3, 0.4) is 0 Å². The molecule has 1 N–H and O–H groups in total. The van der Waals surface area contributed by atoms with Crippen LogP contribution in [0.4, 0.5) is 11.4 Å². The highest BCUT2D eigenvalue weighted by atomic mass is 16.5. The molecule has 0 atom stereocenters. The second kappa shape index (κ2) is 9.05. The topological polar surface area (TPSA) is 86.8 Å². The molecule has 1 heterocycles. The van der Waals surface area contributed by atoms with Gasteiger partial charge in [0, 0.05) is 17.3 Å². The molecule has 0 saturated heterocycles. The van der Waals surface area contributed by atoms with Crippen molar-refractivity contribution < 1.29 is 23.8 Å². The van der Waals surface area contributed by atoms with Gasteiger partial charge in [-0.05, 0) is 50.2 Å². The molecule has 0 unspecified atom stereocenters. The Hall–Kier alpha value is -3.61. The molecule has 2 aromatic carbocycles. The van der Waals surface area contributed by atoms with Gasteiger partial charge >= 0.3 is 11.9 Å². The zero-order valence-corrected chi connectivity index (χ0v) is 16.5. The maximum atomic E-state index is 12.5. The fourth-order valence-corrected chi connectivity index (χ4v) is 2.91. The third-order valence-corrected chi connectivity index (χ3v) is 4.20. The third-order valence-electron chi connectivity index (χ3n) is 4.20. The lowest BCUT2D eigenvalue weighted by molar-refractivity contribution is 0.0526. The summed E-state index contributed by atoms with van der Waals surface area (Å²) >= 11 is 0. The van der Waals surface area contributed by atoms with Crippen LogP contribution in [0.5, 0.6) is 5.75 Å². The van der Waals surface area contributed by atoms with Crippen molar-refractivity contribution in [1.29, 1.82) is 0 Å². The van der Waals surface area contributed by atoms with Crippen molar-refractivity contribution in [3.05, 3.63) is 59.8 Å². The number of benzene rings is 2. The van der Waals surface area contributed by atoms with Crippen LogP contribution in [0, 0.1) is 0 Å². The van der Waals surface area contributed by atoms with E-state index in [0.29, 0.717) is 40.2 Å². The number of ether oxygens (including phenoxy) is 3. The first kappa shape index (κ1) is 20.1. The van der Waals surface area contributed by atoms with Gasteiger partial charge in [-0.1, -0.05) is 6.07 Å². The van der Waals surface area contributed by atoms with Crippen LogP contribution in [0.1, 0.15) is 34.6 Å². The number of fused-ring (bicyclic) bond motifs is 1. The molecule has 0 spiro atoms. The van der Waals surface area contributed by atoms with Gasteiger partial charge in [0.1, 0.15) is 11.3 Å². The lowest BCUT2D eigenvalue weighted by Gasteiger charge is -2.15. The molecule has 0 amide bonds. The molecule has 0 bridgehead atoms. The van der Waals surface area contributed by atoms with E-state index in [2.05, 4.69) is 10.3 Å². The normalized spacial score (nSPS) is 10.4. The molecule has 3 rings (SSSR count). The molecule has 1 aromatic heterocycles. The Balaban J connectivity index is 2.14. The SMILES string of the molecule is CCOC(=O)c1cnc2ccc(OCC)cc2c1Nc1cccc(C(=O)OC)c1. The minimum absolute atomic E-state index is 0.243. The molecule has 0 radical (unpaired) electrons. The zero-order chi connectivity index (χ0) is 20.8. The van der Waals surface area contributed by atoms with Gasteiger partial charge < -0.3 is 19.5 Å². The number of carbonyl (C=O) groups is 2. The average Bonchev–Trinajstić information content (AvgIpc) is 2.74. The van der Waals surface area contributed by atoms with E-state index in [9.17, 15) is 9.59 Å². The summed E-state index contributed by atoms with van der Waals surface area (Å²) in [5, 5.41) is 3.94. The van der Waals surface area contributed by atoms with E-state index in [4.69, 9.17) is 14.2 Å². The van der Waals surface area contributed by atoms with Gasteiger partial charge in [-0.3, -0.25) is 4.98 Å². The van der Waals surface area contributed by atoms with Crippen molar-refractivity contribution in [3.63, 3.8) is 0 Å². The monoisotopic (exact) mass is 394 g/mol. The van der Waals surface area contributed by atoms with Crippen molar-refractivity contribution in [2.75, 3.05) is 25.6 Å². The van der Waals surface area contributed by atoms with Gasteiger partial charge in [-0.25, -0.2) is 9.59 Å². The van der Waals surface area contributed by atoms with Gasteiger partial charge in [0.15, 0.2) is 0 Å². The number of anilines is 2. The maximum absolute atomic E-state index is 12.5. The summed E-state index contributed by atoms with van der Waals surface area (Å²) in [5.41, 5.74) is 2.51. The minimum Gasteiger partial charge on any atom is -0.494 e. The van der Waals surface area contributed by atoms with E-state index in [-0.39, 0.29) is 12.2 Å². The fourth-order valence-electron chi connectivity index (χ4n) is 2.91. The van der Waals surface area contributed by atoms with Crippen molar-refractivity contribution in [2.24, 2.45) is 0 Å². The molecular formula is C22H22N2O5. The quantitative estimate of drug-likeness (QED) is 0.597. The Morgan fingerprint density at radius 1 is 1.03 bits per heavy atom. The lowest BCUT2D eigenvalue weighted by Crippen LogP contribution is -2.10. The van der Waals surface area contributed by atoms with Crippen LogP contribution in [-0.4, -0.2) is 37.2 Å². The predicted octanol–water partition coefficient (Wildman–Crippen LogP) is 4.34. The first-order chi connectivity index (χ1) is 14.1. The summed E-state index contributed by atoms with van der Waals surface area (Å²) < 4.78 is 15.6. The van der Waals surface area contributed by atoms with Crippen molar-refractivity contribution >= 4 is 34.2 Å². The second-order valence-corrected chi connectivity index (χ2v) is 6.08. The summed E-state index contributed by atoms with van der Waals surface area (Å²) in [6.07, 6.45) is 1.48. The number of aromatic nitrogens is 1. The Kier molecular flexibility index (Phi) is 6.29. The number of hydrogen-bond donors (Lipinski definition) is 1. The van der Waals surface area contributed by atoms with Crippen LogP contribution in [0.15, 0.2) is 48.7 Å². The molecular weight excluding hydrogens is 372 g/mol. The summed E-state index contributed by atoms with van der Waals surface area (Å²) in [6.45, 7) is 4.40. The third kappa shape index (κ3) is 4.45. The van der Waals surface area contributed by atoms with Crippen LogP contribution >= 0.6 is 0 Å². The Labute approximate surface area is 168 Å². The second-order valence-electron chi connectivity index (χ2n) is 6.08. The average molecular weight is 394 g/mol. The van der Waals surface area contributed by atoms with Gasteiger partial charge in [0.05, 0.1) is 37.1 Å². The largest absolute Gasteiger partial charge is 0.494 e. The summed E-state index contributed by atoms with van der Waals surface area (Å²) in [7, 11) is 1.33. The summed E-state index contributed by atoms with van der Waals surface area (Å²) in [6, 6.07) is 12.3. The van der Waals surface area contributed by atoms with Crippen LogP contribution in [0.2, 0.25) is 0 Å². The standard InChI is InChI=1S/C22H22N2O5/c1-4-28-16-9-10-19-17(12-16)20(18(13-23-19)22(26)29-5-2)24-15-8-6-7-14(11-15)21(25)27-3/h6-13H,4-5H2,1-3H3,(H,23,24). The van der Waals surface area contributed by atoms with Gasteiger partial charge in [0.25, 0.3) is 0 Å². The van der Waals surface area contributed by atoms with Crippen molar-refractivity contribution in [2.45, 2.75) is 13.8 Å². The van der Waals surface area contributed by atoms with Gasteiger partial charge in [-0.15, -0.1) is 0 Å². The molecule has 29 heavy (non-hydrogen) atoms. The first-order valence-corrected chi connectivity index (χ1v) is 9.25. The smallest absolute Gasteiger partial charge is 0.341 e. The highest BCUT2D eigenvalue weighted by Crippen LogP contribution is 2.32. The molecule has 150 valence electrons. The number of rotatable bonds is 7. The Morgan fingerprint density at radius 3 is 2.59 bits per heavy atom. The molecule has 0 aliphatic rings. The van der Waals surface area contributed by atoms with Crippen LogP contribution in [-0.2, 0) is 9.47 Å². The number of pyridine rings is 1. The first-order valence-electron chi connectivity index (χ1n) is 9.25. The van der Waals surface area contributed by atoms with E-state index in [0.717, 1.165) is 0 Å². The number of hydrogen-bond acceptors (Lipinski definition) is 7. The molecule has 0 aliphatic heterocycles. The number of nitrogens with one attached hydrogen (secondary N) is 1. The van der Waals surface area contributed by atoms with Gasteiger partial charge in [-0.2, -0.15) is 0 Å². The lowest BCUT2D eigenvalue weighted by atomic mass is 10.1. The van der Waals surface area contributed by atoms with Crippen LogP contribution in [0.25, 0.3) is 10.9 Å². The van der Waals surface area contributed by atoms with Gasteiger partial charge in [0.2, 0.25) is 0 Å².